The zero-order chi connectivity index (χ0) is 18.8. The van der Waals surface area contributed by atoms with E-state index in [0.717, 1.165) is 35.1 Å². The second-order valence-corrected chi connectivity index (χ2v) is 6.89. The summed E-state index contributed by atoms with van der Waals surface area (Å²) in [5, 5.41) is 11.6. The maximum atomic E-state index is 12.1. The van der Waals surface area contributed by atoms with Crippen molar-refractivity contribution in [1.29, 1.82) is 0 Å². The van der Waals surface area contributed by atoms with Crippen molar-refractivity contribution in [3.63, 3.8) is 0 Å². The lowest BCUT2D eigenvalue weighted by molar-refractivity contribution is -0.141. The van der Waals surface area contributed by atoms with Gasteiger partial charge in [0.1, 0.15) is 6.61 Å². The van der Waals surface area contributed by atoms with Crippen LogP contribution in [0.4, 0.5) is 4.79 Å². The van der Waals surface area contributed by atoms with E-state index < -0.39 is 18.1 Å². The average Bonchev–Trinajstić information content (AvgIpc) is 3.45. The van der Waals surface area contributed by atoms with Gasteiger partial charge in [0, 0.05) is 5.92 Å². The second-order valence-electron chi connectivity index (χ2n) is 6.89. The third kappa shape index (κ3) is 3.80. The number of benzene rings is 2. The van der Waals surface area contributed by atoms with Crippen LogP contribution in [0.3, 0.4) is 0 Å². The molecule has 2 aliphatic rings. The van der Waals surface area contributed by atoms with E-state index >= 15 is 0 Å². The molecule has 0 heterocycles. The number of amides is 1. The zero-order valence-electron chi connectivity index (χ0n) is 14.8. The number of hydrogen-bond acceptors (Lipinski definition) is 4. The summed E-state index contributed by atoms with van der Waals surface area (Å²) in [4.78, 5) is 23.5. The maximum absolute atomic E-state index is 12.1. The van der Waals surface area contributed by atoms with Crippen LogP contribution < -0.4 is 5.32 Å². The molecule has 0 aliphatic heterocycles. The van der Waals surface area contributed by atoms with Crippen molar-refractivity contribution in [3.8, 4) is 11.1 Å². The number of hydrogen-bond donors (Lipinski definition) is 2. The minimum absolute atomic E-state index is 0.0514. The van der Waals surface area contributed by atoms with Crippen molar-refractivity contribution < 1.29 is 24.2 Å². The molecule has 140 valence electrons. The molecule has 1 fully saturated rings. The average molecular weight is 367 g/mol. The summed E-state index contributed by atoms with van der Waals surface area (Å²) >= 11 is 0. The molecular formula is C21H21NO5. The van der Waals surface area contributed by atoms with E-state index in [-0.39, 0.29) is 25.2 Å². The first-order chi connectivity index (χ1) is 13.1. The molecule has 27 heavy (non-hydrogen) atoms. The summed E-state index contributed by atoms with van der Waals surface area (Å²) < 4.78 is 10.8. The highest BCUT2D eigenvalue weighted by molar-refractivity contribution is 5.81. The summed E-state index contributed by atoms with van der Waals surface area (Å²) in [7, 11) is 0. The van der Waals surface area contributed by atoms with Crippen molar-refractivity contribution in [2.75, 3.05) is 13.2 Å². The Kier molecular flexibility index (Phi) is 4.81. The van der Waals surface area contributed by atoms with E-state index in [0.29, 0.717) is 0 Å². The van der Waals surface area contributed by atoms with Gasteiger partial charge in [-0.15, -0.1) is 0 Å². The van der Waals surface area contributed by atoms with Crippen molar-refractivity contribution in [3.05, 3.63) is 59.7 Å². The highest BCUT2D eigenvalue weighted by Gasteiger charge is 2.30. The lowest BCUT2D eigenvalue weighted by atomic mass is 9.98. The minimum Gasteiger partial charge on any atom is -0.480 e. The molecule has 0 radical (unpaired) electrons. The van der Waals surface area contributed by atoms with E-state index in [9.17, 15) is 14.7 Å². The van der Waals surface area contributed by atoms with Crippen molar-refractivity contribution >= 4 is 12.1 Å². The van der Waals surface area contributed by atoms with E-state index in [1.165, 1.54) is 0 Å². The van der Waals surface area contributed by atoms with Gasteiger partial charge in [-0.1, -0.05) is 48.5 Å². The van der Waals surface area contributed by atoms with E-state index in [4.69, 9.17) is 9.47 Å². The Labute approximate surface area is 157 Å². The fourth-order valence-corrected chi connectivity index (χ4v) is 3.42. The largest absolute Gasteiger partial charge is 0.480 e. The van der Waals surface area contributed by atoms with Crippen LogP contribution in [0.25, 0.3) is 11.1 Å². The fourth-order valence-electron chi connectivity index (χ4n) is 3.42. The summed E-state index contributed by atoms with van der Waals surface area (Å²) in [6.45, 7) is 0.0971. The van der Waals surface area contributed by atoms with Gasteiger partial charge in [0.2, 0.25) is 0 Å². The summed E-state index contributed by atoms with van der Waals surface area (Å²) in [6.07, 6.45) is 1.26. The lowest BCUT2D eigenvalue weighted by Crippen LogP contribution is -2.44. The van der Waals surface area contributed by atoms with Crippen LogP contribution in [0.1, 0.15) is 29.9 Å². The summed E-state index contributed by atoms with van der Waals surface area (Å²) in [5.41, 5.74) is 4.50. The Bertz CT molecular complexity index is 816. The molecule has 0 spiro atoms. The number of rotatable bonds is 7. The standard InChI is InChI=1S/C21H21NO5/c23-20(24)19(12-26-13-9-10-13)22-21(25)27-11-18-16-7-3-1-5-14(16)15-6-2-4-8-17(15)18/h1-8,13,18-19H,9-12H2,(H,22,25)(H,23,24)/t19-/m1/s1. The Morgan fingerprint density at radius 1 is 1.04 bits per heavy atom. The van der Waals surface area contributed by atoms with Gasteiger partial charge in [0.25, 0.3) is 0 Å². The van der Waals surface area contributed by atoms with Gasteiger partial charge in [0.05, 0.1) is 12.7 Å². The van der Waals surface area contributed by atoms with Crippen molar-refractivity contribution in [1.82, 2.24) is 5.32 Å². The number of aliphatic carboxylic acids is 1. The van der Waals surface area contributed by atoms with Crippen LogP contribution in [0.2, 0.25) is 0 Å². The number of carbonyl (C=O) groups is 2. The first-order valence-electron chi connectivity index (χ1n) is 9.09. The molecule has 0 bridgehead atoms. The number of ether oxygens (including phenoxy) is 2. The first kappa shape index (κ1) is 17.5. The number of alkyl carbamates (subject to hydrolysis) is 1. The Balaban J connectivity index is 1.40. The lowest BCUT2D eigenvalue weighted by Gasteiger charge is -2.17. The van der Waals surface area contributed by atoms with Gasteiger partial charge < -0.3 is 19.9 Å². The van der Waals surface area contributed by atoms with Gasteiger partial charge in [-0.3, -0.25) is 0 Å². The van der Waals surface area contributed by atoms with Crippen LogP contribution in [0, 0.1) is 0 Å². The molecule has 4 rings (SSSR count). The molecule has 0 unspecified atom stereocenters. The van der Waals surface area contributed by atoms with Crippen LogP contribution in [0.15, 0.2) is 48.5 Å². The highest BCUT2D eigenvalue weighted by atomic mass is 16.6. The van der Waals surface area contributed by atoms with Crippen LogP contribution >= 0.6 is 0 Å². The van der Waals surface area contributed by atoms with Crippen molar-refractivity contribution in [2.24, 2.45) is 0 Å². The second kappa shape index (κ2) is 7.40. The smallest absolute Gasteiger partial charge is 0.407 e. The summed E-state index contributed by atoms with van der Waals surface area (Å²) in [5.74, 6) is -1.20. The Morgan fingerprint density at radius 3 is 2.19 bits per heavy atom. The topological polar surface area (TPSA) is 84.9 Å². The fraction of sp³-hybridized carbons (Fsp3) is 0.333. The number of carbonyl (C=O) groups excluding carboxylic acids is 1. The number of carboxylic acid groups (broad SMARTS) is 1. The molecule has 2 aromatic rings. The summed E-state index contributed by atoms with van der Waals surface area (Å²) in [6, 6.07) is 15.0. The van der Waals surface area contributed by atoms with Crippen LogP contribution in [-0.2, 0) is 14.3 Å². The molecule has 2 N–H and O–H groups in total. The third-order valence-corrected chi connectivity index (χ3v) is 4.96. The monoisotopic (exact) mass is 367 g/mol. The van der Waals surface area contributed by atoms with E-state index in [1.54, 1.807) is 0 Å². The zero-order valence-corrected chi connectivity index (χ0v) is 14.8. The van der Waals surface area contributed by atoms with E-state index in [1.807, 2.05) is 36.4 Å². The molecule has 0 saturated heterocycles. The molecule has 1 saturated carbocycles. The molecule has 0 aromatic heterocycles. The highest BCUT2D eigenvalue weighted by Crippen LogP contribution is 2.44. The molecule has 6 heteroatoms. The normalized spacial score (nSPS) is 16.3. The number of nitrogens with one attached hydrogen (secondary N) is 1. The van der Waals surface area contributed by atoms with Gasteiger partial charge in [-0.25, -0.2) is 9.59 Å². The number of carboxylic acids is 1. The van der Waals surface area contributed by atoms with Gasteiger partial charge in [0.15, 0.2) is 6.04 Å². The Morgan fingerprint density at radius 2 is 1.63 bits per heavy atom. The number of fused-ring (bicyclic) bond motifs is 3. The Hall–Kier alpha value is -2.86. The molecular weight excluding hydrogens is 346 g/mol. The minimum atomic E-state index is -1.14. The molecule has 1 atom stereocenters. The first-order valence-corrected chi connectivity index (χ1v) is 9.09. The van der Waals surface area contributed by atoms with Crippen molar-refractivity contribution in [2.45, 2.75) is 30.9 Å². The van der Waals surface area contributed by atoms with E-state index in [2.05, 4.69) is 17.4 Å². The van der Waals surface area contributed by atoms with Crippen LogP contribution in [-0.4, -0.2) is 42.5 Å². The van der Waals surface area contributed by atoms with Gasteiger partial charge >= 0.3 is 12.1 Å². The molecule has 1 amide bonds. The predicted octanol–water partition coefficient (Wildman–Crippen LogP) is 3.16. The SMILES string of the molecule is O=C(N[C@H](COC1CC1)C(=O)O)OCC1c2ccccc2-c2ccccc21. The molecule has 6 nitrogen and oxygen atoms in total. The third-order valence-electron chi connectivity index (χ3n) is 4.96. The van der Waals surface area contributed by atoms with Gasteiger partial charge in [-0.05, 0) is 35.1 Å². The van der Waals surface area contributed by atoms with Gasteiger partial charge in [-0.2, -0.15) is 0 Å². The molecule has 2 aromatic carbocycles. The molecule has 2 aliphatic carbocycles. The predicted molar refractivity (Wildman–Crippen MR) is 98.6 cm³/mol. The quantitative estimate of drug-likeness (QED) is 0.785. The maximum Gasteiger partial charge on any atom is 0.407 e. The van der Waals surface area contributed by atoms with Crippen LogP contribution in [0.5, 0.6) is 0 Å².